The summed E-state index contributed by atoms with van der Waals surface area (Å²) >= 11 is 0. The zero-order valence-corrected chi connectivity index (χ0v) is 33.7. The lowest BCUT2D eigenvalue weighted by Gasteiger charge is -2.42. The van der Waals surface area contributed by atoms with E-state index in [2.05, 4.69) is 24.5 Å². The van der Waals surface area contributed by atoms with Gasteiger partial charge in [0.15, 0.2) is 12.4 Å². The molecule has 1 fully saturated rings. The molecule has 0 aromatic carbocycles. The maximum atomic E-state index is 13.3. The highest BCUT2D eigenvalue weighted by atomic mass is 16.7. The summed E-state index contributed by atoms with van der Waals surface area (Å²) in [7, 11) is 0. The van der Waals surface area contributed by atoms with E-state index in [1.165, 1.54) is 38.5 Å². The first-order valence-corrected chi connectivity index (χ1v) is 21.3. The maximum absolute atomic E-state index is 13.3. The summed E-state index contributed by atoms with van der Waals surface area (Å²) in [5, 5.41) is 98.6. The number of rotatable bonds is 34. The maximum Gasteiger partial charge on any atom is 0.251 e. The van der Waals surface area contributed by atoms with Crippen LogP contribution in [-0.4, -0.2) is 145 Å². The van der Waals surface area contributed by atoms with E-state index in [0.29, 0.717) is 32.2 Å². The molecule has 1 aliphatic rings. The molecule has 0 spiro atoms. The molecule has 2 amide bonds. The van der Waals surface area contributed by atoms with Crippen molar-refractivity contribution in [2.75, 3.05) is 19.8 Å². The fourth-order valence-electron chi connectivity index (χ4n) is 6.89. The largest absolute Gasteiger partial charge is 0.394 e. The third kappa shape index (κ3) is 21.2. The Morgan fingerprint density at radius 2 is 1.18 bits per heavy atom. The van der Waals surface area contributed by atoms with Gasteiger partial charge in [-0.15, -0.1) is 0 Å². The van der Waals surface area contributed by atoms with Crippen molar-refractivity contribution in [1.82, 2.24) is 10.6 Å². The van der Waals surface area contributed by atoms with Crippen LogP contribution in [0.5, 0.6) is 0 Å². The second kappa shape index (κ2) is 31.5. The third-order valence-electron chi connectivity index (χ3n) is 10.6. The van der Waals surface area contributed by atoms with Crippen molar-refractivity contribution in [3.63, 3.8) is 0 Å². The monoisotopic (exact) mass is 795 g/mol. The Balaban J connectivity index is 2.68. The first-order valence-electron chi connectivity index (χ1n) is 21.3. The molecule has 0 aromatic rings. The average molecular weight is 795 g/mol. The van der Waals surface area contributed by atoms with Gasteiger partial charge in [-0.05, 0) is 25.7 Å². The van der Waals surface area contributed by atoms with Gasteiger partial charge in [0.25, 0.3) is 5.91 Å². The van der Waals surface area contributed by atoms with E-state index in [-0.39, 0.29) is 5.91 Å². The average Bonchev–Trinajstić information content (AvgIpc) is 3.18. The predicted molar refractivity (Wildman–Crippen MR) is 208 cm³/mol. The molecule has 0 radical (unpaired) electrons. The van der Waals surface area contributed by atoms with Gasteiger partial charge in [-0.25, -0.2) is 0 Å². The molecule has 0 aliphatic carbocycles. The molecule has 0 bridgehead atoms. The van der Waals surface area contributed by atoms with Gasteiger partial charge in [0.1, 0.15) is 42.7 Å². The van der Waals surface area contributed by atoms with E-state index in [0.717, 1.165) is 77.0 Å². The molecule has 1 heterocycles. The molecule has 326 valence electrons. The number of hydrogen-bond donors (Lipinski definition) is 11. The first-order chi connectivity index (χ1) is 26.4. The molecule has 1 rings (SSSR count). The van der Waals surface area contributed by atoms with Crippen molar-refractivity contribution >= 4 is 11.8 Å². The van der Waals surface area contributed by atoms with Crippen LogP contribution in [0.3, 0.4) is 0 Å². The molecule has 15 nitrogen and oxygen atoms in total. The van der Waals surface area contributed by atoms with Crippen molar-refractivity contribution in [1.29, 1.82) is 0 Å². The highest BCUT2D eigenvalue weighted by molar-refractivity contribution is 5.81. The zero-order valence-electron chi connectivity index (χ0n) is 33.7. The number of amides is 2. The van der Waals surface area contributed by atoms with Crippen molar-refractivity contribution in [2.24, 2.45) is 0 Å². The lowest BCUT2D eigenvalue weighted by molar-refractivity contribution is -0.326. The number of nitrogens with one attached hydrogen (secondary N) is 2. The van der Waals surface area contributed by atoms with Gasteiger partial charge in [0, 0.05) is 13.0 Å². The fourth-order valence-corrected chi connectivity index (χ4v) is 6.89. The number of carbonyl (C=O) groups excluding carboxylic acids is 2. The molecule has 11 atom stereocenters. The van der Waals surface area contributed by atoms with Gasteiger partial charge < -0.3 is 66.1 Å². The minimum Gasteiger partial charge on any atom is -0.394 e. The van der Waals surface area contributed by atoms with Crippen LogP contribution < -0.4 is 10.6 Å². The quantitative estimate of drug-likeness (QED) is 0.0416. The SMILES string of the molecule is CCCCCCCCCCNC(=O)CCCCCCCC(NC(=O)C(O)C(O)C(OC1OC(CO)C(O)C(O)C1O)C(O)CO)C(O)CCCCCCCC. The Hall–Kier alpha value is -1.50. The van der Waals surface area contributed by atoms with Crippen molar-refractivity contribution in [3.05, 3.63) is 0 Å². The highest BCUT2D eigenvalue weighted by Crippen LogP contribution is 2.25. The number of ether oxygens (including phenoxy) is 2. The smallest absolute Gasteiger partial charge is 0.251 e. The summed E-state index contributed by atoms with van der Waals surface area (Å²) in [5.41, 5.74) is 0. The lowest BCUT2D eigenvalue weighted by atomic mass is 9.96. The first kappa shape index (κ1) is 51.5. The van der Waals surface area contributed by atoms with Crippen molar-refractivity contribution in [3.8, 4) is 0 Å². The number of hydrogen-bond acceptors (Lipinski definition) is 13. The molecule has 15 heteroatoms. The van der Waals surface area contributed by atoms with Gasteiger partial charge in [0.2, 0.25) is 5.91 Å². The minimum atomic E-state index is -2.22. The Morgan fingerprint density at radius 1 is 0.655 bits per heavy atom. The summed E-state index contributed by atoms with van der Waals surface area (Å²) in [6, 6.07) is -0.764. The number of aliphatic hydroxyl groups excluding tert-OH is 9. The fraction of sp³-hybridized carbons (Fsp3) is 0.950. The van der Waals surface area contributed by atoms with E-state index >= 15 is 0 Å². The summed E-state index contributed by atoms with van der Waals surface area (Å²) in [4.78, 5) is 25.5. The standard InChI is InChI=1S/C40H78N2O13/c1-3-5-7-9-11-12-17-21-25-41-32(47)24-20-16-13-14-18-22-28(29(45)23-19-15-10-8-6-4-2)42-39(53)36(51)35(50)38(30(46)26-43)55-40-37(52)34(49)33(48)31(27-44)54-40/h28-31,33-38,40,43-46,48-52H,3-27H2,1-2H3,(H,41,47)(H,42,53). The van der Waals surface area contributed by atoms with Crippen LogP contribution >= 0.6 is 0 Å². The second-order valence-corrected chi connectivity index (χ2v) is 15.4. The van der Waals surface area contributed by atoms with E-state index in [1.807, 2.05) is 0 Å². The van der Waals surface area contributed by atoms with Crippen LogP contribution in [0.25, 0.3) is 0 Å². The number of unbranched alkanes of at least 4 members (excludes halogenated alkanes) is 16. The zero-order chi connectivity index (χ0) is 41.0. The van der Waals surface area contributed by atoms with Gasteiger partial charge in [-0.2, -0.15) is 0 Å². The molecule has 11 unspecified atom stereocenters. The molecule has 0 saturated carbocycles. The van der Waals surface area contributed by atoms with E-state index in [1.54, 1.807) is 0 Å². The number of aliphatic hydroxyl groups is 9. The molecular formula is C40H78N2O13. The number of carbonyl (C=O) groups is 2. The normalized spacial score (nSPS) is 23.4. The lowest BCUT2D eigenvalue weighted by Crippen LogP contribution is -2.62. The van der Waals surface area contributed by atoms with E-state index < -0.39 is 86.4 Å². The van der Waals surface area contributed by atoms with Gasteiger partial charge in [-0.1, -0.05) is 123 Å². The molecule has 1 saturated heterocycles. The summed E-state index contributed by atoms with van der Waals surface area (Å²) in [5.74, 6) is -0.998. The Morgan fingerprint density at radius 3 is 1.75 bits per heavy atom. The van der Waals surface area contributed by atoms with Crippen LogP contribution in [-0.2, 0) is 19.1 Å². The molecular weight excluding hydrogens is 716 g/mol. The topological polar surface area (TPSA) is 259 Å². The summed E-state index contributed by atoms with van der Waals surface area (Å²) in [6.07, 6.45) is 3.16. The van der Waals surface area contributed by atoms with Gasteiger partial charge in [0.05, 0.1) is 25.4 Å². The van der Waals surface area contributed by atoms with E-state index in [4.69, 9.17) is 9.47 Å². The Labute approximate surface area is 329 Å². The van der Waals surface area contributed by atoms with Crippen LogP contribution in [0.15, 0.2) is 0 Å². The minimum absolute atomic E-state index is 0.0663. The molecule has 1 aliphatic heterocycles. The Bertz CT molecular complexity index is 964. The van der Waals surface area contributed by atoms with Crippen LogP contribution in [0.4, 0.5) is 0 Å². The van der Waals surface area contributed by atoms with Crippen LogP contribution in [0.1, 0.15) is 155 Å². The molecule has 11 N–H and O–H groups in total. The van der Waals surface area contributed by atoms with Crippen LogP contribution in [0, 0.1) is 0 Å². The second-order valence-electron chi connectivity index (χ2n) is 15.4. The van der Waals surface area contributed by atoms with Gasteiger partial charge >= 0.3 is 0 Å². The summed E-state index contributed by atoms with van der Waals surface area (Å²) < 4.78 is 10.7. The molecule has 0 aromatic heterocycles. The van der Waals surface area contributed by atoms with E-state index in [9.17, 15) is 55.5 Å². The third-order valence-corrected chi connectivity index (χ3v) is 10.6. The highest BCUT2D eigenvalue weighted by Gasteiger charge is 2.47. The van der Waals surface area contributed by atoms with Crippen LogP contribution in [0.2, 0.25) is 0 Å². The summed E-state index contributed by atoms with van der Waals surface area (Å²) in [6.45, 7) is 3.29. The predicted octanol–water partition coefficient (Wildman–Crippen LogP) is 1.83. The molecule has 55 heavy (non-hydrogen) atoms. The van der Waals surface area contributed by atoms with Gasteiger partial charge in [-0.3, -0.25) is 9.59 Å². The van der Waals surface area contributed by atoms with Crippen molar-refractivity contribution < 1.29 is 65.0 Å². The Kier molecular flexibility index (Phi) is 29.5. The van der Waals surface area contributed by atoms with Crippen molar-refractivity contribution in [2.45, 2.75) is 222 Å².